The highest BCUT2D eigenvalue weighted by Crippen LogP contribution is 2.34. The van der Waals surface area contributed by atoms with Crippen LogP contribution >= 0.6 is 11.6 Å². The van der Waals surface area contributed by atoms with E-state index in [2.05, 4.69) is 99.9 Å². The van der Waals surface area contributed by atoms with Gasteiger partial charge in [0.15, 0.2) is 5.65 Å². The fourth-order valence-corrected chi connectivity index (χ4v) is 6.66. The average Bonchev–Trinajstić information content (AvgIpc) is 3.85. The van der Waals surface area contributed by atoms with E-state index in [4.69, 9.17) is 27.6 Å². The Morgan fingerprint density at radius 3 is 1.92 bits per heavy atom. The van der Waals surface area contributed by atoms with Gasteiger partial charge in [0.1, 0.15) is 28.7 Å². The summed E-state index contributed by atoms with van der Waals surface area (Å²) in [6.07, 6.45) is 10.9. The van der Waals surface area contributed by atoms with Gasteiger partial charge in [0.2, 0.25) is 0 Å². The number of nitrogens with one attached hydrogen (secondary N) is 3. The minimum Gasteiger partial charge on any atom is -0.412 e. The first-order chi connectivity index (χ1) is 23.0. The van der Waals surface area contributed by atoms with Gasteiger partial charge in [-0.2, -0.15) is 10.4 Å². The maximum absolute atomic E-state index is 9.12. The molecule has 48 heavy (non-hydrogen) atoms. The topological polar surface area (TPSA) is 212 Å². The SMILES string of the molecule is CCCc1cc(C#N)c(Cl)nc1Nc1cccc2c1CCC2.CCCc1cc2c(N)[nH]nc2nc1Nc1cccc2c1CCC2.NN.O. The molecule has 0 fully saturated rings. The zero-order chi connectivity index (χ0) is 33.3. The molecule has 0 unspecified atom stereocenters. The zero-order valence-electron chi connectivity index (χ0n) is 27.6. The van der Waals surface area contributed by atoms with Crippen molar-refractivity contribution in [2.75, 3.05) is 16.4 Å². The predicted octanol–water partition coefficient (Wildman–Crippen LogP) is 6.51. The number of nitrogen functional groups attached to an aromatic ring is 1. The van der Waals surface area contributed by atoms with Crippen LogP contribution in [0.4, 0.5) is 28.8 Å². The number of H-pyrrole nitrogens is 1. The van der Waals surface area contributed by atoms with Gasteiger partial charge in [0.05, 0.1) is 10.9 Å². The van der Waals surface area contributed by atoms with Crippen molar-refractivity contribution in [2.24, 2.45) is 11.7 Å². The molecule has 2 aliphatic rings. The molecule has 0 saturated heterocycles. The minimum absolute atomic E-state index is 0. The molecule has 0 spiro atoms. The van der Waals surface area contributed by atoms with Gasteiger partial charge in [0.25, 0.3) is 0 Å². The van der Waals surface area contributed by atoms with Crippen LogP contribution in [0.25, 0.3) is 11.0 Å². The van der Waals surface area contributed by atoms with Crippen molar-refractivity contribution >= 4 is 51.5 Å². The fraction of sp³-hybridized carbons (Fsp3) is 0.333. The number of hydrogen-bond donors (Lipinski definition) is 6. The average molecular weight is 669 g/mol. The highest BCUT2D eigenvalue weighted by atomic mass is 35.5. The molecule has 11 nitrogen and oxygen atoms in total. The van der Waals surface area contributed by atoms with Crippen LogP contribution in [0.1, 0.15) is 78.5 Å². The van der Waals surface area contributed by atoms with E-state index in [0.29, 0.717) is 17.0 Å². The Bertz CT molecular complexity index is 1900. The van der Waals surface area contributed by atoms with E-state index in [-0.39, 0.29) is 10.6 Å². The Morgan fingerprint density at radius 1 is 0.833 bits per heavy atom. The van der Waals surface area contributed by atoms with E-state index < -0.39 is 0 Å². The molecule has 0 aliphatic heterocycles. The highest BCUT2D eigenvalue weighted by molar-refractivity contribution is 6.30. The van der Waals surface area contributed by atoms with Gasteiger partial charge in [-0.15, -0.1) is 0 Å². The van der Waals surface area contributed by atoms with E-state index in [0.717, 1.165) is 73.2 Å². The number of pyridine rings is 2. The van der Waals surface area contributed by atoms with Gasteiger partial charge in [-0.1, -0.05) is 62.6 Å². The molecule has 3 heterocycles. The third kappa shape index (κ3) is 7.86. The maximum Gasteiger partial charge on any atom is 0.185 e. The van der Waals surface area contributed by atoms with Crippen LogP contribution in [-0.4, -0.2) is 25.6 Å². The molecule has 252 valence electrons. The number of aromatic amines is 1. The van der Waals surface area contributed by atoms with E-state index in [1.807, 2.05) is 6.07 Å². The highest BCUT2D eigenvalue weighted by Gasteiger charge is 2.18. The van der Waals surface area contributed by atoms with Crippen LogP contribution in [-0.2, 0) is 38.5 Å². The molecule has 0 bridgehead atoms. The van der Waals surface area contributed by atoms with Crippen LogP contribution in [0.2, 0.25) is 5.15 Å². The number of aryl methyl sites for hydroxylation is 4. The van der Waals surface area contributed by atoms with E-state index in [1.54, 1.807) is 0 Å². The van der Waals surface area contributed by atoms with Crippen molar-refractivity contribution in [2.45, 2.75) is 78.1 Å². The number of nitrogens with zero attached hydrogens (tertiary/aromatic N) is 4. The first kappa shape index (κ1) is 36.1. The van der Waals surface area contributed by atoms with Crippen molar-refractivity contribution < 1.29 is 5.48 Å². The molecule has 12 heteroatoms. The first-order valence-electron chi connectivity index (χ1n) is 16.3. The summed E-state index contributed by atoms with van der Waals surface area (Å²) in [6.45, 7) is 4.29. The number of rotatable bonds is 8. The van der Waals surface area contributed by atoms with Crippen molar-refractivity contribution in [3.63, 3.8) is 0 Å². The molecule has 0 atom stereocenters. The normalized spacial score (nSPS) is 12.4. The fourth-order valence-electron chi connectivity index (χ4n) is 6.48. The standard InChI is InChI=1S/C18H18ClN3.C18H21N5.H4N2.H2O/c1-2-5-13-10-14(11-20)17(19)22-18(13)21-16-9-4-7-12-6-3-8-15(12)16;1-2-5-12-10-14-16(19)22-23-18(14)21-17(12)20-15-9-4-7-11-6-3-8-13(11)15;1-2;/h4,7,9-10H,2-3,5-6,8H2,1H3,(H,21,22);4,7,9-10H,2-3,5-6,8H2,1H3,(H4,19,20,21,22,23);1-2H2;1H2. The smallest absolute Gasteiger partial charge is 0.185 e. The van der Waals surface area contributed by atoms with Gasteiger partial charge in [-0.05, 0) is 109 Å². The molecule has 2 aromatic carbocycles. The van der Waals surface area contributed by atoms with Crippen LogP contribution in [0.5, 0.6) is 0 Å². The van der Waals surface area contributed by atoms with Crippen molar-refractivity contribution in [3.05, 3.63) is 92.6 Å². The molecule has 2 aliphatic carbocycles. The van der Waals surface area contributed by atoms with E-state index in [1.165, 1.54) is 52.8 Å². The molecular formula is C36H45ClN10O. The van der Waals surface area contributed by atoms with Crippen LogP contribution in [0, 0.1) is 11.3 Å². The molecule has 7 rings (SSSR count). The first-order valence-corrected chi connectivity index (χ1v) is 16.7. The third-order valence-electron chi connectivity index (χ3n) is 8.67. The van der Waals surface area contributed by atoms with E-state index >= 15 is 0 Å². The number of halogens is 1. The Balaban J connectivity index is 0.000000202. The van der Waals surface area contributed by atoms with E-state index in [9.17, 15) is 0 Å². The van der Waals surface area contributed by atoms with Gasteiger partial charge in [-0.25, -0.2) is 9.97 Å². The predicted molar refractivity (Wildman–Crippen MR) is 196 cm³/mol. The van der Waals surface area contributed by atoms with Crippen molar-refractivity contribution in [1.29, 1.82) is 5.26 Å². The summed E-state index contributed by atoms with van der Waals surface area (Å²) in [4.78, 5) is 9.12. The number of hydrogen-bond acceptors (Lipinski definition) is 9. The number of anilines is 5. The van der Waals surface area contributed by atoms with Crippen LogP contribution in [0.3, 0.4) is 0 Å². The van der Waals surface area contributed by atoms with Crippen molar-refractivity contribution in [1.82, 2.24) is 20.2 Å². The lowest BCUT2D eigenvalue weighted by Gasteiger charge is -2.14. The molecule has 5 aromatic rings. The number of aromatic nitrogens is 4. The van der Waals surface area contributed by atoms with Crippen LogP contribution in [0.15, 0.2) is 48.5 Å². The second kappa shape index (κ2) is 16.9. The minimum atomic E-state index is 0. The molecule has 11 N–H and O–H groups in total. The van der Waals surface area contributed by atoms with Gasteiger partial charge in [-0.3, -0.25) is 16.8 Å². The number of nitrogens with two attached hydrogens (primary N) is 3. The van der Waals surface area contributed by atoms with Gasteiger partial charge < -0.3 is 21.8 Å². The summed E-state index contributed by atoms with van der Waals surface area (Å²) in [5, 5.41) is 24.3. The zero-order valence-corrected chi connectivity index (χ0v) is 28.3. The third-order valence-corrected chi connectivity index (χ3v) is 8.95. The lowest BCUT2D eigenvalue weighted by molar-refractivity contribution is 0.824. The quantitative estimate of drug-likeness (QED) is 0.0603. The molecule has 0 radical (unpaired) electrons. The number of benzene rings is 2. The Morgan fingerprint density at radius 2 is 1.38 bits per heavy atom. The van der Waals surface area contributed by atoms with Gasteiger partial charge >= 0.3 is 0 Å². The summed E-state index contributed by atoms with van der Waals surface area (Å²) >= 11 is 6.11. The second-order valence-electron chi connectivity index (χ2n) is 11.8. The number of hydrazine groups is 1. The number of fused-ring (bicyclic) bond motifs is 3. The van der Waals surface area contributed by atoms with Crippen LogP contribution < -0.4 is 28.1 Å². The maximum atomic E-state index is 9.12. The summed E-state index contributed by atoms with van der Waals surface area (Å²) in [5.74, 6) is 10.2. The summed E-state index contributed by atoms with van der Waals surface area (Å²) in [6, 6.07) is 18.9. The lowest BCUT2D eigenvalue weighted by Crippen LogP contribution is -2.03. The summed E-state index contributed by atoms with van der Waals surface area (Å²) < 4.78 is 0. The summed E-state index contributed by atoms with van der Waals surface area (Å²) in [7, 11) is 0. The second-order valence-corrected chi connectivity index (χ2v) is 12.2. The Kier molecular flexibility index (Phi) is 12.7. The Labute approximate surface area is 286 Å². The lowest BCUT2D eigenvalue weighted by atomic mass is 10.1. The molecule has 0 saturated carbocycles. The monoisotopic (exact) mass is 668 g/mol. The molecule has 0 amide bonds. The van der Waals surface area contributed by atoms with Gasteiger partial charge in [0, 0.05) is 11.4 Å². The molecule has 3 aromatic heterocycles. The Hall–Kier alpha value is -4.73. The largest absolute Gasteiger partial charge is 0.412 e. The molecular weight excluding hydrogens is 624 g/mol. The summed E-state index contributed by atoms with van der Waals surface area (Å²) in [5.41, 5.74) is 17.2. The van der Waals surface area contributed by atoms with Crippen molar-refractivity contribution in [3.8, 4) is 6.07 Å². The number of nitriles is 1.